The smallest absolute Gasteiger partial charge is 0.307 e. The lowest BCUT2D eigenvalue weighted by Gasteiger charge is -2.03. The maximum atomic E-state index is 10.9. The Kier molecular flexibility index (Phi) is 2.56. The van der Waals surface area contributed by atoms with Crippen LogP contribution in [0.2, 0.25) is 0 Å². The van der Waals surface area contributed by atoms with E-state index in [0.29, 0.717) is 33.9 Å². The maximum absolute atomic E-state index is 10.9. The standard InChI is InChI=1S/C13H11N3O3/c1-7-15-12(9-3-2-4-19-9)11-8(5-10(17)18)6-14-13(11)16-7/h2-4,6H,5H2,1H3,(H,17,18)(H,14,15,16). The van der Waals surface area contributed by atoms with E-state index in [2.05, 4.69) is 15.0 Å². The number of carboxylic acid groups (broad SMARTS) is 1. The van der Waals surface area contributed by atoms with Crippen LogP contribution in [0.5, 0.6) is 0 Å². The second-order valence-electron chi connectivity index (χ2n) is 4.20. The molecule has 0 aliphatic rings. The largest absolute Gasteiger partial charge is 0.481 e. The average Bonchev–Trinajstić information content (AvgIpc) is 2.97. The topological polar surface area (TPSA) is 92.0 Å². The van der Waals surface area contributed by atoms with Gasteiger partial charge in [0.25, 0.3) is 0 Å². The third-order valence-electron chi connectivity index (χ3n) is 2.82. The third-order valence-corrected chi connectivity index (χ3v) is 2.82. The van der Waals surface area contributed by atoms with E-state index in [9.17, 15) is 4.79 Å². The van der Waals surface area contributed by atoms with Gasteiger partial charge in [0.05, 0.1) is 18.1 Å². The minimum absolute atomic E-state index is 0.0832. The minimum atomic E-state index is -0.896. The summed E-state index contributed by atoms with van der Waals surface area (Å²) in [6.45, 7) is 1.78. The number of aryl methyl sites for hydroxylation is 1. The van der Waals surface area contributed by atoms with Gasteiger partial charge in [0, 0.05) is 6.20 Å². The Bertz CT molecular complexity index is 744. The molecular formula is C13H11N3O3. The molecule has 0 spiro atoms. The predicted octanol–water partition coefficient (Wildman–Crippen LogP) is 2.15. The summed E-state index contributed by atoms with van der Waals surface area (Å²) < 4.78 is 5.36. The molecule has 0 fully saturated rings. The van der Waals surface area contributed by atoms with Gasteiger partial charge < -0.3 is 14.5 Å². The molecule has 0 radical (unpaired) electrons. The molecule has 6 heteroatoms. The first-order valence-electron chi connectivity index (χ1n) is 5.75. The fourth-order valence-electron chi connectivity index (χ4n) is 2.10. The number of H-pyrrole nitrogens is 1. The lowest BCUT2D eigenvalue weighted by molar-refractivity contribution is -0.136. The molecule has 3 aromatic heterocycles. The second kappa shape index (κ2) is 4.24. The first kappa shape index (κ1) is 11.5. The van der Waals surface area contributed by atoms with Crippen molar-refractivity contribution in [3.8, 4) is 11.5 Å². The van der Waals surface area contributed by atoms with Crippen molar-refractivity contribution in [2.24, 2.45) is 0 Å². The van der Waals surface area contributed by atoms with Crippen LogP contribution in [-0.2, 0) is 11.2 Å². The van der Waals surface area contributed by atoms with Crippen molar-refractivity contribution in [3.63, 3.8) is 0 Å². The SMILES string of the molecule is Cc1nc(-c2ccco2)c2c(CC(=O)O)c[nH]c2n1. The number of carbonyl (C=O) groups is 1. The van der Waals surface area contributed by atoms with Gasteiger partial charge in [0.2, 0.25) is 0 Å². The zero-order valence-electron chi connectivity index (χ0n) is 10.2. The Labute approximate surface area is 108 Å². The molecule has 0 saturated heterocycles. The lowest BCUT2D eigenvalue weighted by Crippen LogP contribution is -2.00. The second-order valence-corrected chi connectivity index (χ2v) is 4.20. The minimum Gasteiger partial charge on any atom is -0.481 e. The van der Waals surface area contributed by atoms with Crippen LogP contribution in [0.25, 0.3) is 22.5 Å². The molecule has 0 bridgehead atoms. The van der Waals surface area contributed by atoms with Crippen LogP contribution in [0.1, 0.15) is 11.4 Å². The van der Waals surface area contributed by atoms with Crippen molar-refractivity contribution in [3.05, 3.63) is 36.0 Å². The van der Waals surface area contributed by atoms with Crippen LogP contribution in [0, 0.1) is 6.92 Å². The highest BCUT2D eigenvalue weighted by atomic mass is 16.4. The van der Waals surface area contributed by atoms with E-state index in [4.69, 9.17) is 9.52 Å². The number of nitrogens with one attached hydrogen (secondary N) is 1. The Balaban J connectivity index is 2.29. The zero-order valence-corrected chi connectivity index (χ0v) is 10.2. The fourth-order valence-corrected chi connectivity index (χ4v) is 2.10. The molecule has 0 unspecified atom stereocenters. The van der Waals surface area contributed by atoms with Crippen LogP contribution >= 0.6 is 0 Å². The Morgan fingerprint density at radius 1 is 1.47 bits per heavy atom. The van der Waals surface area contributed by atoms with E-state index >= 15 is 0 Å². The molecule has 0 aliphatic carbocycles. The summed E-state index contributed by atoms with van der Waals surface area (Å²) in [5.74, 6) is 0.302. The Morgan fingerprint density at radius 3 is 3.00 bits per heavy atom. The van der Waals surface area contributed by atoms with Crippen LogP contribution in [0.15, 0.2) is 29.0 Å². The van der Waals surface area contributed by atoms with Crippen molar-refractivity contribution in [2.75, 3.05) is 0 Å². The molecule has 0 atom stereocenters. The van der Waals surface area contributed by atoms with E-state index in [-0.39, 0.29) is 6.42 Å². The fraction of sp³-hybridized carbons (Fsp3) is 0.154. The quantitative estimate of drug-likeness (QED) is 0.750. The molecule has 3 aromatic rings. The van der Waals surface area contributed by atoms with E-state index in [1.54, 1.807) is 31.5 Å². The van der Waals surface area contributed by atoms with Gasteiger partial charge in [0.1, 0.15) is 17.2 Å². The lowest BCUT2D eigenvalue weighted by atomic mass is 10.1. The van der Waals surface area contributed by atoms with Gasteiger partial charge in [-0.05, 0) is 24.6 Å². The molecule has 3 heterocycles. The van der Waals surface area contributed by atoms with Gasteiger partial charge in [-0.25, -0.2) is 9.97 Å². The van der Waals surface area contributed by atoms with E-state index < -0.39 is 5.97 Å². The first-order valence-corrected chi connectivity index (χ1v) is 5.75. The Hall–Kier alpha value is -2.63. The van der Waals surface area contributed by atoms with Crippen LogP contribution in [0.4, 0.5) is 0 Å². The van der Waals surface area contributed by atoms with Crippen molar-refractivity contribution in [1.82, 2.24) is 15.0 Å². The zero-order chi connectivity index (χ0) is 13.4. The summed E-state index contributed by atoms with van der Waals surface area (Å²) in [6, 6.07) is 3.56. The number of aliphatic carboxylic acids is 1. The number of hydrogen-bond acceptors (Lipinski definition) is 4. The van der Waals surface area contributed by atoms with E-state index in [1.165, 1.54) is 0 Å². The van der Waals surface area contributed by atoms with Crippen molar-refractivity contribution in [2.45, 2.75) is 13.3 Å². The number of fused-ring (bicyclic) bond motifs is 1. The Morgan fingerprint density at radius 2 is 2.32 bits per heavy atom. The maximum Gasteiger partial charge on any atom is 0.307 e. The number of hydrogen-bond donors (Lipinski definition) is 2. The molecule has 0 saturated carbocycles. The van der Waals surface area contributed by atoms with Crippen LogP contribution in [0.3, 0.4) is 0 Å². The van der Waals surface area contributed by atoms with E-state index in [1.807, 2.05) is 0 Å². The molecule has 19 heavy (non-hydrogen) atoms. The van der Waals surface area contributed by atoms with Crippen molar-refractivity contribution in [1.29, 1.82) is 0 Å². The molecule has 96 valence electrons. The van der Waals surface area contributed by atoms with Crippen LogP contribution in [-0.4, -0.2) is 26.0 Å². The third kappa shape index (κ3) is 1.97. The molecule has 0 aromatic carbocycles. The molecular weight excluding hydrogens is 246 g/mol. The molecule has 2 N–H and O–H groups in total. The number of carboxylic acids is 1. The number of furan rings is 1. The summed E-state index contributed by atoms with van der Waals surface area (Å²) in [4.78, 5) is 22.5. The number of rotatable bonds is 3. The summed E-state index contributed by atoms with van der Waals surface area (Å²) >= 11 is 0. The average molecular weight is 257 g/mol. The normalized spacial score (nSPS) is 11.0. The van der Waals surface area contributed by atoms with Gasteiger partial charge in [-0.15, -0.1) is 0 Å². The van der Waals surface area contributed by atoms with Gasteiger partial charge in [-0.1, -0.05) is 0 Å². The summed E-state index contributed by atoms with van der Waals surface area (Å²) in [5.41, 5.74) is 1.88. The summed E-state index contributed by atoms with van der Waals surface area (Å²) in [7, 11) is 0. The van der Waals surface area contributed by atoms with Gasteiger partial charge in [-0.2, -0.15) is 0 Å². The number of aromatic amines is 1. The van der Waals surface area contributed by atoms with E-state index in [0.717, 1.165) is 0 Å². The van der Waals surface area contributed by atoms with Gasteiger partial charge in [0.15, 0.2) is 5.76 Å². The molecule has 6 nitrogen and oxygen atoms in total. The van der Waals surface area contributed by atoms with Gasteiger partial charge in [-0.3, -0.25) is 4.79 Å². The van der Waals surface area contributed by atoms with Crippen molar-refractivity contribution < 1.29 is 14.3 Å². The highest BCUT2D eigenvalue weighted by molar-refractivity contribution is 5.94. The number of nitrogens with zero attached hydrogens (tertiary/aromatic N) is 2. The first-order chi connectivity index (χ1) is 9.15. The van der Waals surface area contributed by atoms with Crippen LogP contribution < -0.4 is 0 Å². The van der Waals surface area contributed by atoms with Gasteiger partial charge >= 0.3 is 5.97 Å². The molecule has 0 aliphatic heterocycles. The highest BCUT2D eigenvalue weighted by Crippen LogP contribution is 2.29. The molecule has 3 rings (SSSR count). The molecule has 0 amide bonds. The monoisotopic (exact) mass is 257 g/mol. The summed E-state index contributed by atoms with van der Waals surface area (Å²) in [5, 5.41) is 9.64. The predicted molar refractivity (Wildman–Crippen MR) is 67.7 cm³/mol. The summed E-state index contributed by atoms with van der Waals surface area (Å²) in [6.07, 6.45) is 3.13. The highest BCUT2D eigenvalue weighted by Gasteiger charge is 2.17. The number of aromatic nitrogens is 3. The van der Waals surface area contributed by atoms with Crippen molar-refractivity contribution >= 4 is 17.0 Å².